The van der Waals surface area contributed by atoms with E-state index in [-0.39, 0.29) is 6.04 Å². The summed E-state index contributed by atoms with van der Waals surface area (Å²) in [6.07, 6.45) is 3.53. The van der Waals surface area contributed by atoms with E-state index in [0.717, 1.165) is 5.56 Å². The summed E-state index contributed by atoms with van der Waals surface area (Å²) in [4.78, 5) is 1.34. The third-order valence-electron chi connectivity index (χ3n) is 2.44. The van der Waals surface area contributed by atoms with Crippen LogP contribution in [0.25, 0.3) is 0 Å². The molecule has 1 atom stereocenters. The molecule has 1 unspecified atom stereocenters. The van der Waals surface area contributed by atoms with Gasteiger partial charge < -0.3 is 5.32 Å². The Balaban J connectivity index is 2.37. The first-order valence-corrected chi connectivity index (χ1v) is 5.68. The van der Waals surface area contributed by atoms with Crippen LogP contribution in [-0.2, 0) is 0 Å². The van der Waals surface area contributed by atoms with Gasteiger partial charge in [0.25, 0.3) is 0 Å². The van der Waals surface area contributed by atoms with Crippen LogP contribution in [0.2, 0.25) is 0 Å². The summed E-state index contributed by atoms with van der Waals surface area (Å²) in [5, 5.41) is 13.1. The number of rotatable bonds is 3. The molecular formula is C11H13N3S. The lowest BCUT2D eigenvalue weighted by Gasteiger charge is -2.15. The van der Waals surface area contributed by atoms with E-state index in [1.807, 2.05) is 13.1 Å². The Morgan fingerprint density at radius 3 is 2.73 bits per heavy atom. The number of nitrogens with one attached hydrogen (secondary N) is 1. The van der Waals surface area contributed by atoms with Crippen molar-refractivity contribution in [2.75, 3.05) is 7.05 Å². The van der Waals surface area contributed by atoms with Gasteiger partial charge in [0.05, 0.1) is 12.2 Å². The molecule has 15 heavy (non-hydrogen) atoms. The number of hydrogen-bond acceptors (Lipinski definition) is 4. The standard InChI is InChI=1S/C11H13N3S/c1-8-10(4-6-15-8)11(12-2)9-3-5-13-14-7-9/h3-7,11-12H,1-2H3. The van der Waals surface area contributed by atoms with Gasteiger partial charge in [-0.3, -0.25) is 0 Å². The zero-order valence-corrected chi connectivity index (χ0v) is 9.58. The lowest BCUT2D eigenvalue weighted by Crippen LogP contribution is -2.18. The molecule has 0 bridgehead atoms. The van der Waals surface area contributed by atoms with Gasteiger partial charge in [0.15, 0.2) is 0 Å². The normalized spacial score (nSPS) is 12.7. The molecule has 2 aromatic rings. The largest absolute Gasteiger partial charge is 0.309 e. The fraction of sp³-hybridized carbons (Fsp3) is 0.273. The van der Waals surface area contributed by atoms with Crippen LogP contribution in [-0.4, -0.2) is 17.2 Å². The maximum Gasteiger partial charge on any atom is 0.0601 e. The Morgan fingerprint density at radius 2 is 2.20 bits per heavy atom. The maximum atomic E-state index is 3.91. The van der Waals surface area contributed by atoms with Gasteiger partial charge in [-0.15, -0.1) is 11.3 Å². The topological polar surface area (TPSA) is 37.8 Å². The quantitative estimate of drug-likeness (QED) is 0.859. The molecule has 0 amide bonds. The average molecular weight is 219 g/mol. The van der Waals surface area contributed by atoms with Gasteiger partial charge in [-0.25, -0.2) is 0 Å². The molecule has 0 aliphatic heterocycles. The van der Waals surface area contributed by atoms with Gasteiger partial charge in [-0.2, -0.15) is 10.2 Å². The van der Waals surface area contributed by atoms with Crippen molar-refractivity contribution in [2.45, 2.75) is 13.0 Å². The highest BCUT2D eigenvalue weighted by Crippen LogP contribution is 2.26. The summed E-state index contributed by atoms with van der Waals surface area (Å²) in [5.74, 6) is 0. The minimum absolute atomic E-state index is 0.215. The van der Waals surface area contributed by atoms with Crippen LogP contribution in [0.1, 0.15) is 22.0 Å². The van der Waals surface area contributed by atoms with Gasteiger partial charge >= 0.3 is 0 Å². The molecule has 1 N–H and O–H groups in total. The SMILES string of the molecule is CNC(c1ccnnc1)c1ccsc1C. The second-order valence-corrected chi connectivity index (χ2v) is 4.45. The Bertz CT molecular complexity index is 424. The van der Waals surface area contributed by atoms with Crippen LogP contribution < -0.4 is 5.32 Å². The minimum atomic E-state index is 0.215. The number of hydrogen-bond donors (Lipinski definition) is 1. The summed E-state index contributed by atoms with van der Waals surface area (Å²) in [7, 11) is 1.96. The van der Waals surface area contributed by atoms with Crippen molar-refractivity contribution in [1.82, 2.24) is 15.5 Å². The molecule has 0 aromatic carbocycles. The smallest absolute Gasteiger partial charge is 0.0601 e. The molecule has 0 aliphatic carbocycles. The first-order chi connectivity index (χ1) is 7.33. The van der Waals surface area contributed by atoms with Crippen molar-refractivity contribution in [2.24, 2.45) is 0 Å². The van der Waals surface area contributed by atoms with Crippen molar-refractivity contribution in [3.63, 3.8) is 0 Å². The molecule has 78 valence electrons. The van der Waals surface area contributed by atoms with Crippen molar-refractivity contribution in [1.29, 1.82) is 0 Å². The Labute approximate surface area is 93.2 Å². The van der Waals surface area contributed by atoms with Gasteiger partial charge in [-0.1, -0.05) is 0 Å². The second kappa shape index (κ2) is 4.51. The van der Waals surface area contributed by atoms with E-state index in [1.54, 1.807) is 23.7 Å². The monoisotopic (exact) mass is 219 g/mol. The zero-order valence-electron chi connectivity index (χ0n) is 8.77. The lowest BCUT2D eigenvalue weighted by atomic mass is 10.0. The molecule has 0 spiro atoms. The van der Waals surface area contributed by atoms with Gasteiger partial charge in [0.1, 0.15) is 0 Å². The molecule has 2 heterocycles. The first-order valence-electron chi connectivity index (χ1n) is 4.80. The second-order valence-electron chi connectivity index (χ2n) is 3.33. The summed E-state index contributed by atoms with van der Waals surface area (Å²) < 4.78 is 0. The van der Waals surface area contributed by atoms with E-state index < -0.39 is 0 Å². The summed E-state index contributed by atoms with van der Waals surface area (Å²) in [6, 6.07) is 4.36. The van der Waals surface area contributed by atoms with Gasteiger partial charge in [0, 0.05) is 11.1 Å². The fourth-order valence-electron chi connectivity index (χ4n) is 1.67. The molecule has 4 heteroatoms. The molecule has 0 fully saturated rings. The van der Waals surface area contributed by atoms with E-state index in [4.69, 9.17) is 0 Å². The zero-order chi connectivity index (χ0) is 10.7. The maximum absolute atomic E-state index is 3.91. The van der Waals surface area contributed by atoms with Crippen LogP contribution in [0.5, 0.6) is 0 Å². The third-order valence-corrected chi connectivity index (χ3v) is 3.30. The number of aryl methyl sites for hydroxylation is 1. The molecule has 2 aromatic heterocycles. The number of aromatic nitrogens is 2. The van der Waals surface area contributed by atoms with Crippen molar-refractivity contribution in [3.05, 3.63) is 45.9 Å². The molecular weight excluding hydrogens is 206 g/mol. The molecule has 0 aliphatic rings. The predicted molar refractivity (Wildman–Crippen MR) is 62.0 cm³/mol. The van der Waals surface area contributed by atoms with Crippen molar-refractivity contribution in [3.8, 4) is 0 Å². The lowest BCUT2D eigenvalue weighted by molar-refractivity contribution is 0.684. The van der Waals surface area contributed by atoms with Gasteiger partial charge in [-0.05, 0) is 42.6 Å². The minimum Gasteiger partial charge on any atom is -0.309 e. The Morgan fingerprint density at radius 1 is 1.33 bits per heavy atom. The van der Waals surface area contributed by atoms with E-state index in [1.165, 1.54) is 10.4 Å². The van der Waals surface area contributed by atoms with E-state index in [0.29, 0.717) is 0 Å². The van der Waals surface area contributed by atoms with E-state index in [2.05, 4.69) is 33.9 Å². The predicted octanol–water partition coefficient (Wildman–Crippen LogP) is 2.16. The molecule has 2 rings (SSSR count). The molecule has 0 radical (unpaired) electrons. The van der Waals surface area contributed by atoms with Crippen molar-refractivity contribution >= 4 is 11.3 Å². The molecule has 3 nitrogen and oxygen atoms in total. The van der Waals surface area contributed by atoms with Crippen LogP contribution in [0.3, 0.4) is 0 Å². The van der Waals surface area contributed by atoms with E-state index in [9.17, 15) is 0 Å². The Hall–Kier alpha value is -1.26. The van der Waals surface area contributed by atoms with E-state index >= 15 is 0 Å². The highest BCUT2D eigenvalue weighted by atomic mass is 32.1. The van der Waals surface area contributed by atoms with Gasteiger partial charge in [0.2, 0.25) is 0 Å². The van der Waals surface area contributed by atoms with Crippen molar-refractivity contribution < 1.29 is 0 Å². The number of thiophene rings is 1. The Kier molecular flexibility index (Phi) is 3.08. The average Bonchev–Trinajstić information content (AvgIpc) is 2.68. The summed E-state index contributed by atoms with van der Waals surface area (Å²) in [6.45, 7) is 2.14. The van der Waals surface area contributed by atoms with Crippen LogP contribution in [0.15, 0.2) is 29.9 Å². The van der Waals surface area contributed by atoms with Crippen LogP contribution in [0, 0.1) is 6.92 Å². The fourth-order valence-corrected chi connectivity index (χ4v) is 2.41. The van der Waals surface area contributed by atoms with Crippen LogP contribution >= 0.6 is 11.3 Å². The highest BCUT2D eigenvalue weighted by Gasteiger charge is 2.14. The molecule has 0 saturated heterocycles. The van der Waals surface area contributed by atoms with Crippen LogP contribution in [0.4, 0.5) is 0 Å². The highest BCUT2D eigenvalue weighted by molar-refractivity contribution is 7.10. The third kappa shape index (κ3) is 2.06. The summed E-state index contributed by atoms with van der Waals surface area (Å²) in [5.41, 5.74) is 2.46. The number of nitrogens with zero attached hydrogens (tertiary/aromatic N) is 2. The first kappa shape index (κ1) is 10.3. The summed E-state index contributed by atoms with van der Waals surface area (Å²) >= 11 is 1.77. The molecule has 0 saturated carbocycles.